The molecule has 3 N–H and O–H groups in total. The van der Waals surface area contributed by atoms with Gasteiger partial charge in [-0.25, -0.2) is 15.3 Å². The van der Waals surface area contributed by atoms with Crippen molar-refractivity contribution in [3.63, 3.8) is 0 Å². The van der Waals surface area contributed by atoms with Crippen molar-refractivity contribution in [3.05, 3.63) is 71.0 Å². The zero-order chi connectivity index (χ0) is 27.2. The molecule has 0 radical (unpaired) electrons. The Morgan fingerprint density at radius 2 is 1.59 bits per heavy atom. The van der Waals surface area contributed by atoms with E-state index in [0.29, 0.717) is 24.0 Å². The summed E-state index contributed by atoms with van der Waals surface area (Å²) in [4.78, 5) is 41.3. The van der Waals surface area contributed by atoms with Gasteiger partial charge >= 0.3 is 12.1 Å². The van der Waals surface area contributed by atoms with E-state index in [4.69, 9.17) is 26.7 Å². The van der Waals surface area contributed by atoms with Gasteiger partial charge in [0, 0.05) is 42.0 Å². The molecule has 3 heterocycles. The van der Waals surface area contributed by atoms with Gasteiger partial charge in [0.2, 0.25) is 5.91 Å². The summed E-state index contributed by atoms with van der Waals surface area (Å²) in [5, 5.41) is 16.4. The third-order valence-electron chi connectivity index (χ3n) is 5.63. The molecule has 13 heteroatoms. The minimum Gasteiger partial charge on any atom is -0.475 e. The lowest BCUT2D eigenvalue weighted by molar-refractivity contribution is -0.192. The number of aromatic nitrogens is 1. The lowest BCUT2D eigenvalue weighted by atomic mass is 10.2. The van der Waals surface area contributed by atoms with Gasteiger partial charge in [-0.3, -0.25) is 14.8 Å². The largest absolute Gasteiger partial charge is 0.490 e. The lowest BCUT2D eigenvalue weighted by Gasteiger charge is -2.35. The molecule has 2 aromatic rings. The third kappa shape index (κ3) is 7.54. The number of anilines is 1. The number of nitrogens with zero attached hydrogens (tertiary/aromatic N) is 3. The quantitative estimate of drug-likeness (QED) is 0.303. The minimum absolute atomic E-state index is 0.0272. The number of alkyl halides is 3. The number of carboxylic acid groups (broad SMARTS) is 1. The smallest absolute Gasteiger partial charge is 0.475 e. The van der Waals surface area contributed by atoms with Crippen molar-refractivity contribution in [1.82, 2.24) is 15.4 Å². The van der Waals surface area contributed by atoms with Crippen LogP contribution in [0, 0.1) is 0 Å². The first-order valence-electron chi connectivity index (χ1n) is 10.9. The standard InChI is InChI=1S/C22H21ClN4O3.C2HF3O2/c23-15-4-8-18(9-5-15)26-13-20-12-19(26)14-27(20)22(29)11-7-17-3-1-2-16(24-17)6-10-21(28)25-30;3-2(4,5)1(6)7/h1-11,19-20,30H,12-14H2,(H,25,28);(H,6,7)/t19-,20-;/m0./s1. The molecule has 2 aliphatic heterocycles. The Hall–Kier alpha value is -3.90. The fraction of sp³-hybridized carbons (Fsp3) is 0.250. The molecule has 2 atom stereocenters. The molecule has 0 spiro atoms. The van der Waals surface area contributed by atoms with Gasteiger partial charge < -0.3 is 14.9 Å². The Morgan fingerprint density at radius 3 is 2.11 bits per heavy atom. The first-order valence-corrected chi connectivity index (χ1v) is 11.3. The van der Waals surface area contributed by atoms with Crippen molar-refractivity contribution in [3.8, 4) is 0 Å². The number of carboxylic acids is 1. The number of rotatable bonds is 5. The van der Waals surface area contributed by atoms with Crippen LogP contribution in [-0.2, 0) is 14.4 Å². The molecule has 4 rings (SSSR count). The van der Waals surface area contributed by atoms with E-state index in [9.17, 15) is 22.8 Å². The lowest BCUT2D eigenvalue weighted by Crippen LogP contribution is -2.48. The van der Waals surface area contributed by atoms with Crippen LogP contribution in [0.1, 0.15) is 17.8 Å². The van der Waals surface area contributed by atoms with Crippen LogP contribution < -0.4 is 10.4 Å². The first kappa shape index (κ1) is 27.7. The summed E-state index contributed by atoms with van der Waals surface area (Å²) in [6, 6.07) is 13.6. The van der Waals surface area contributed by atoms with Gasteiger partial charge in [0.25, 0.3) is 5.91 Å². The highest BCUT2D eigenvalue weighted by atomic mass is 35.5. The van der Waals surface area contributed by atoms with Crippen molar-refractivity contribution in [2.45, 2.75) is 24.7 Å². The monoisotopic (exact) mass is 538 g/mol. The number of piperazine rings is 1. The van der Waals surface area contributed by atoms with E-state index in [0.717, 1.165) is 23.7 Å². The number of hydrogen-bond acceptors (Lipinski definition) is 6. The highest BCUT2D eigenvalue weighted by molar-refractivity contribution is 6.30. The topological polar surface area (TPSA) is 123 Å². The maximum absolute atomic E-state index is 12.7. The number of likely N-dealkylation sites (tertiary alicyclic amines) is 1. The number of carbonyl (C=O) groups excluding carboxylic acids is 2. The Bertz CT molecular complexity index is 1200. The van der Waals surface area contributed by atoms with Crippen LogP contribution in [0.25, 0.3) is 12.2 Å². The maximum atomic E-state index is 12.7. The number of hydrogen-bond donors (Lipinski definition) is 3. The Morgan fingerprint density at radius 1 is 1.00 bits per heavy atom. The zero-order valence-electron chi connectivity index (χ0n) is 19.1. The van der Waals surface area contributed by atoms with E-state index >= 15 is 0 Å². The van der Waals surface area contributed by atoms with Crippen LogP contribution >= 0.6 is 11.6 Å². The average Bonchev–Trinajstić information content (AvgIpc) is 3.48. The zero-order valence-corrected chi connectivity index (χ0v) is 19.9. The number of pyridine rings is 1. The Kier molecular flexibility index (Phi) is 8.90. The summed E-state index contributed by atoms with van der Waals surface area (Å²) in [7, 11) is 0. The molecule has 0 saturated carbocycles. The Balaban J connectivity index is 0.000000479. The van der Waals surface area contributed by atoms with Crippen molar-refractivity contribution in [1.29, 1.82) is 0 Å². The highest BCUT2D eigenvalue weighted by Crippen LogP contribution is 2.35. The number of halogens is 4. The van der Waals surface area contributed by atoms with Crippen LogP contribution in [-0.4, -0.2) is 69.3 Å². The van der Waals surface area contributed by atoms with Crippen LogP contribution in [0.2, 0.25) is 5.02 Å². The second-order valence-electron chi connectivity index (χ2n) is 8.10. The van der Waals surface area contributed by atoms with Crippen LogP contribution in [0.15, 0.2) is 54.6 Å². The Labute approximate surface area is 214 Å². The summed E-state index contributed by atoms with van der Waals surface area (Å²) in [5.74, 6) is -3.42. The SMILES string of the molecule is O=C(C=Cc1cccc(C=CC(=O)N2C[C@@H]3C[C@H]2CN3c2ccc(Cl)cc2)n1)NO.O=C(O)C(F)(F)F. The van der Waals surface area contributed by atoms with Gasteiger partial charge in [-0.15, -0.1) is 0 Å². The van der Waals surface area contributed by atoms with Crippen LogP contribution in [0.4, 0.5) is 18.9 Å². The number of hydroxylamine groups is 1. The molecular weight excluding hydrogens is 517 g/mol. The van der Waals surface area contributed by atoms with Gasteiger partial charge in [0.15, 0.2) is 0 Å². The summed E-state index contributed by atoms with van der Waals surface area (Å²) < 4.78 is 31.7. The highest BCUT2D eigenvalue weighted by Gasteiger charge is 2.44. The minimum atomic E-state index is -5.08. The molecular formula is C24H22ClF3N4O5. The molecule has 9 nitrogen and oxygen atoms in total. The molecule has 2 saturated heterocycles. The normalized spacial score (nSPS) is 18.7. The summed E-state index contributed by atoms with van der Waals surface area (Å²) in [6.45, 7) is 1.51. The number of benzene rings is 1. The van der Waals surface area contributed by atoms with Gasteiger partial charge in [-0.05, 0) is 55.0 Å². The predicted octanol–water partition coefficient (Wildman–Crippen LogP) is 3.39. The van der Waals surface area contributed by atoms with Crippen molar-refractivity contribution >= 4 is 47.2 Å². The number of amides is 2. The van der Waals surface area contributed by atoms with Crippen molar-refractivity contribution < 1.29 is 37.9 Å². The molecule has 1 aromatic heterocycles. The second-order valence-corrected chi connectivity index (χ2v) is 8.53. The fourth-order valence-electron chi connectivity index (χ4n) is 3.99. The maximum Gasteiger partial charge on any atom is 0.490 e. The predicted molar refractivity (Wildman–Crippen MR) is 129 cm³/mol. The fourth-order valence-corrected chi connectivity index (χ4v) is 4.12. The number of nitrogens with one attached hydrogen (secondary N) is 1. The van der Waals surface area contributed by atoms with Crippen LogP contribution in [0.3, 0.4) is 0 Å². The molecule has 0 unspecified atom stereocenters. The van der Waals surface area contributed by atoms with E-state index in [1.807, 2.05) is 29.2 Å². The average molecular weight is 539 g/mol. The molecule has 2 aliphatic rings. The molecule has 2 amide bonds. The van der Waals surface area contributed by atoms with E-state index < -0.39 is 18.1 Å². The summed E-state index contributed by atoms with van der Waals surface area (Å²) >= 11 is 5.98. The molecule has 1 aromatic carbocycles. The first-order chi connectivity index (χ1) is 17.5. The summed E-state index contributed by atoms with van der Waals surface area (Å²) in [6.07, 6.45) is 1.76. The van der Waals surface area contributed by atoms with Crippen LogP contribution in [0.5, 0.6) is 0 Å². The van der Waals surface area contributed by atoms with Gasteiger partial charge in [-0.2, -0.15) is 13.2 Å². The second kappa shape index (κ2) is 11.9. The van der Waals surface area contributed by atoms with E-state index in [2.05, 4.69) is 9.88 Å². The van der Waals surface area contributed by atoms with E-state index in [-0.39, 0.29) is 11.9 Å². The van der Waals surface area contributed by atoms with Gasteiger partial charge in [0.05, 0.1) is 17.4 Å². The molecule has 0 aliphatic carbocycles. The number of carbonyl (C=O) groups is 3. The number of fused-ring (bicyclic) bond motifs is 2. The third-order valence-corrected chi connectivity index (χ3v) is 5.88. The molecule has 2 bridgehead atoms. The van der Waals surface area contributed by atoms with Gasteiger partial charge in [0.1, 0.15) is 0 Å². The van der Waals surface area contributed by atoms with E-state index in [1.165, 1.54) is 17.6 Å². The molecule has 2 fully saturated rings. The summed E-state index contributed by atoms with van der Waals surface area (Å²) in [5.41, 5.74) is 3.82. The van der Waals surface area contributed by atoms with Gasteiger partial charge in [-0.1, -0.05) is 17.7 Å². The van der Waals surface area contributed by atoms with Crippen molar-refractivity contribution in [2.75, 3.05) is 18.0 Å². The van der Waals surface area contributed by atoms with E-state index in [1.54, 1.807) is 30.4 Å². The molecule has 37 heavy (non-hydrogen) atoms. The number of aliphatic carboxylic acids is 1. The molecule has 196 valence electrons. The van der Waals surface area contributed by atoms with Crippen molar-refractivity contribution in [2.24, 2.45) is 0 Å².